The van der Waals surface area contributed by atoms with Crippen LogP contribution in [0.5, 0.6) is 0 Å². The van der Waals surface area contributed by atoms with E-state index in [-0.39, 0.29) is 11.4 Å². The molecule has 1 aromatic carbocycles. The minimum atomic E-state index is -0.613. The van der Waals surface area contributed by atoms with Crippen LogP contribution in [-0.4, -0.2) is 5.78 Å². The summed E-state index contributed by atoms with van der Waals surface area (Å²) in [5.74, 6) is 2.58. The van der Waals surface area contributed by atoms with Gasteiger partial charge in [-0.25, -0.2) is 0 Å². The maximum atomic E-state index is 12.0. The molecule has 20 heavy (non-hydrogen) atoms. The summed E-state index contributed by atoms with van der Waals surface area (Å²) in [6, 6.07) is 8.09. The van der Waals surface area contributed by atoms with Crippen LogP contribution in [0, 0.1) is 36.0 Å². The van der Waals surface area contributed by atoms with Crippen molar-refractivity contribution in [2.75, 3.05) is 0 Å². The highest BCUT2D eigenvalue weighted by Gasteiger charge is 2.40. The Morgan fingerprint density at radius 1 is 1.40 bits per heavy atom. The summed E-state index contributed by atoms with van der Waals surface area (Å²) < 4.78 is 0. The summed E-state index contributed by atoms with van der Waals surface area (Å²) in [4.78, 5) is 12.0. The molecule has 2 aliphatic rings. The third-order valence-electron chi connectivity index (χ3n) is 4.21. The largest absolute Gasteiger partial charge is 0.288 e. The lowest BCUT2D eigenvalue weighted by atomic mass is 9.64. The van der Waals surface area contributed by atoms with Crippen LogP contribution >= 0.6 is 0 Å². The molecule has 0 spiro atoms. The van der Waals surface area contributed by atoms with Crippen LogP contribution in [0.4, 0.5) is 0 Å². The number of ketones is 1. The second-order valence-electron chi connectivity index (χ2n) is 5.32. The second kappa shape index (κ2) is 4.22. The molecule has 3 rings (SSSR count). The quantitative estimate of drug-likeness (QED) is 0.672. The van der Waals surface area contributed by atoms with Crippen molar-refractivity contribution < 1.29 is 4.79 Å². The molecule has 0 heterocycles. The van der Waals surface area contributed by atoms with Gasteiger partial charge in [-0.05, 0) is 54.2 Å². The van der Waals surface area contributed by atoms with E-state index >= 15 is 0 Å². The van der Waals surface area contributed by atoms with Crippen molar-refractivity contribution in [3.05, 3.63) is 52.6 Å². The topological polar surface area (TPSA) is 40.9 Å². The lowest BCUT2D eigenvalue weighted by molar-refractivity contribution is -0.111. The van der Waals surface area contributed by atoms with Crippen molar-refractivity contribution in [3.63, 3.8) is 0 Å². The Bertz CT molecular complexity index is 768. The zero-order valence-electron chi connectivity index (χ0n) is 11.2. The first kappa shape index (κ1) is 12.5. The zero-order valence-corrected chi connectivity index (χ0v) is 11.2. The Balaban J connectivity index is 2.30. The van der Waals surface area contributed by atoms with Crippen molar-refractivity contribution in [3.8, 4) is 18.4 Å². The summed E-state index contributed by atoms with van der Waals surface area (Å²) in [7, 11) is 0. The number of carbonyl (C=O) groups excluding carboxylic acids is 1. The average molecular weight is 259 g/mol. The van der Waals surface area contributed by atoms with Crippen LogP contribution in [0.3, 0.4) is 0 Å². The van der Waals surface area contributed by atoms with Crippen LogP contribution in [-0.2, 0) is 11.2 Å². The molecule has 0 aliphatic heterocycles. The summed E-state index contributed by atoms with van der Waals surface area (Å²) in [6.07, 6.45) is 10.6. The first-order valence-corrected chi connectivity index (χ1v) is 6.57. The third-order valence-corrected chi connectivity index (χ3v) is 4.21. The fourth-order valence-electron chi connectivity index (χ4n) is 3.17. The van der Waals surface area contributed by atoms with Crippen LogP contribution in [0.1, 0.15) is 23.1 Å². The van der Waals surface area contributed by atoms with E-state index in [4.69, 9.17) is 11.7 Å². The Morgan fingerprint density at radius 2 is 2.20 bits per heavy atom. The van der Waals surface area contributed by atoms with Gasteiger partial charge in [-0.15, -0.1) is 6.42 Å². The fraction of sp³-hybridized carbons (Fsp3) is 0.222. The van der Waals surface area contributed by atoms with Crippen molar-refractivity contribution >= 4 is 11.4 Å². The first-order valence-electron chi connectivity index (χ1n) is 6.57. The Hall–Kier alpha value is -2.58. The molecule has 0 radical (unpaired) electrons. The van der Waals surface area contributed by atoms with E-state index in [1.807, 2.05) is 25.1 Å². The maximum absolute atomic E-state index is 12.0. The Labute approximate surface area is 118 Å². The second-order valence-corrected chi connectivity index (χ2v) is 5.32. The molecule has 1 unspecified atom stereocenters. The molecule has 0 saturated carbocycles. The van der Waals surface area contributed by atoms with Gasteiger partial charge in [0.1, 0.15) is 6.07 Å². The van der Waals surface area contributed by atoms with E-state index in [2.05, 4.69) is 12.0 Å². The monoisotopic (exact) mass is 259 g/mol. The highest BCUT2D eigenvalue weighted by Crippen LogP contribution is 2.49. The van der Waals surface area contributed by atoms with Gasteiger partial charge < -0.3 is 0 Å². The number of terminal acetylenes is 1. The molecule has 1 atom stereocenters. The van der Waals surface area contributed by atoms with Gasteiger partial charge in [-0.1, -0.05) is 24.1 Å². The van der Waals surface area contributed by atoms with Crippen molar-refractivity contribution in [2.45, 2.75) is 19.8 Å². The fourth-order valence-corrected chi connectivity index (χ4v) is 3.17. The van der Waals surface area contributed by atoms with E-state index in [0.29, 0.717) is 0 Å². The van der Waals surface area contributed by atoms with E-state index in [9.17, 15) is 4.79 Å². The highest BCUT2D eigenvalue weighted by molar-refractivity contribution is 6.14. The van der Waals surface area contributed by atoms with Crippen molar-refractivity contribution in [2.24, 2.45) is 5.41 Å². The lowest BCUT2D eigenvalue weighted by Gasteiger charge is -2.37. The van der Waals surface area contributed by atoms with Crippen LogP contribution in [0.2, 0.25) is 0 Å². The van der Waals surface area contributed by atoms with Crippen molar-refractivity contribution in [1.82, 2.24) is 0 Å². The molecule has 2 aliphatic carbocycles. The van der Waals surface area contributed by atoms with Crippen LogP contribution < -0.4 is 0 Å². The molecule has 0 aromatic heterocycles. The number of nitriles is 1. The molecule has 0 saturated heterocycles. The SMILES string of the molecule is C#CC12C=C(C#N)C(=O)C=C1c1c(C)cccc1CC2. The van der Waals surface area contributed by atoms with Gasteiger partial charge in [-0.3, -0.25) is 4.79 Å². The first-order chi connectivity index (χ1) is 9.61. The van der Waals surface area contributed by atoms with E-state index in [1.165, 1.54) is 5.56 Å². The summed E-state index contributed by atoms with van der Waals surface area (Å²) in [5.41, 5.74) is 3.85. The Morgan fingerprint density at radius 3 is 2.90 bits per heavy atom. The van der Waals surface area contributed by atoms with Gasteiger partial charge in [0.2, 0.25) is 0 Å². The number of allylic oxidation sites excluding steroid dienone is 4. The molecular weight excluding hydrogens is 246 g/mol. The molecule has 0 fully saturated rings. The average Bonchev–Trinajstić information content (AvgIpc) is 2.47. The van der Waals surface area contributed by atoms with E-state index < -0.39 is 5.41 Å². The Kier molecular flexibility index (Phi) is 2.63. The number of hydrogen-bond acceptors (Lipinski definition) is 2. The van der Waals surface area contributed by atoms with Crippen LogP contribution in [0.25, 0.3) is 5.57 Å². The normalized spacial score (nSPS) is 23.6. The number of benzene rings is 1. The van der Waals surface area contributed by atoms with E-state index in [1.54, 1.807) is 12.2 Å². The predicted octanol–water partition coefficient (Wildman–Crippen LogP) is 2.98. The number of hydrogen-bond donors (Lipinski definition) is 0. The number of nitrogens with zero attached hydrogens (tertiary/aromatic N) is 1. The van der Waals surface area contributed by atoms with Gasteiger partial charge in [-0.2, -0.15) is 5.26 Å². The van der Waals surface area contributed by atoms with Gasteiger partial charge in [0.25, 0.3) is 0 Å². The molecule has 96 valence electrons. The summed E-state index contributed by atoms with van der Waals surface area (Å²) in [6.45, 7) is 2.03. The van der Waals surface area contributed by atoms with Crippen LogP contribution in [0.15, 0.2) is 35.9 Å². The molecule has 0 amide bonds. The number of carbonyl (C=O) groups is 1. The number of rotatable bonds is 0. The molecular formula is C18H13NO. The summed E-state index contributed by atoms with van der Waals surface area (Å²) >= 11 is 0. The molecule has 2 heteroatoms. The molecule has 1 aromatic rings. The third kappa shape index (κ3) is 1.55. The molecule has 0 N–H and O–H groups in total. The number of fused-ring (bicyclic) bond motifs is 3. The molecule has 0 bridgehead atoms. The van der Waals surface area contributed by atoms with E-state index in [0.717, 1.165) is 29.5 Å². The van der Waals surface area contributed by atoms with Gasteiger partial charge in [0.15, 0.2) is 5.78 Å². The van der Waals surface area contributed by atoms with Gasteiger partial charge >= 0.3 is 0 Å². The predicted molar refractivity (Wildman–Crippen MR) is 77.4 cm³/mol. The van der Waals surface area contributed by atoms with Crippen molar-refractivity contribution in [1.29, 1.82) is 5.26 Å². The van der Waals surface area contributed by atoms with Gasteiger partial charge in [0, 0.05) is 0 Å². The smallest absolute Gasteiger partial charge is 0.196 e. The standard InChI is InChI=1S/C18H13NO/c1-3-18-8-7-13-6-4-5-12(2)17(13)15(18)9-16(20)14(10-18)11-19/h1,4-6,9-10H,7-8H2,2H3. The summed E-state index contributed by atoms with van der Waals surface area (Å²) in [5, 5.41) is 9.07. The number of aryl methyl sites for hydroxylation is 2. The van der Waals surface area contributed by atoms with Gasteiger partial charge in [0.05, 0.1) is 11.0 Å². The maximum Gasteiger partial charge on any atom is 0.196 e. The lowest BCUT2D eigenvalue weighted by Crippen LogP contribution is -2.29. The minimum absolute atomic E-state index is 0.156. The minimum Gasteiger partial charge on any atom is -0.288 e. The molecule has 2 nitrogen and oxygen atoms in total. The zero-order chi connectivity index (χ0) is 14.3. The highest BCUT2D eigenvalue weighted by atomic mass is 16.1.